The van der Waals surface area contributed by atoms with Gasteiger partial charge in [-0.2, -0.15) is 12.6 Å². The first-order valence-electron chi connectivity index (χ1n) is 6.25. The summed E-state index contributed by atoms with van der Waals surface area (Å²) in [6.45, 7) is 3.29. The number of carbonyl (C=O) groups is 1. The Morgan fingerprint density at radius 2 is 2.05 bits per heavy atom. The molecule has 0 aromatic heterocycles. The van der Waals surface area contributed by atoms with Crippen LogP contribution in [0.15, 0.2) is 18.2 Å². The molecule has 5 heteroatoms. The summed E-state index contributed by atoms with van der Waals surface area (Å²) in [5.74, 6) is 1.72. The van der Waals surface area contributed by atoms with Gasteiger partial charge in [0.1, 0.15) is 11.5 Å². The Bertz CT molecular complexity index is 423. The van der Waals surface area contributed by atoms with Crippen LogP contribution in [0.3, 0.4) is 0 Å². The van der Waals surface area contributed by atoms with Crippen LogP contribution in [0.4, 0.5) is 0 Å². The molecule has 0 heterocycles. The van der Waals surface area contributed by atoms with E-state index in [0.29, 0.717) is 13.1 Å². The molecule has 1 aromatic rings. The molecule has 0 aliphatic heterocycles. The number of rotatable bonds is 7. The van der Waals surface area contributed by atoms with Gasteiger partial charge in [-0.3, -0.25) is 4.79 Å². The number of nitrogens with zero attached hydrogens (tertiary/aromatic N) is 1. The highest BCUT2D eigenvalue weighted by molar-refractivity contribution is 7.81. The Hall–Kier alpha value is -1.36. The van der Waals surface area contributed by atoms with E-state index in [-0.39, 0.29) is 11.7 Å². The van der Waals surface area contributed by atoms with Crippen LogP contribution in [-0.2, 0) is 11.3 Å². The second-order valence-electron chi connectivity index (χ2n) is 4.15. The number of amides is 1. The summed E-state index contributed by atoms with van der Waals surface area (Å²) < 4.78 is 10.5. The zero-order valence-corrected chi connectivity index (χ0v) is 12.6. The molecule has 0 radical (unpaired) electrons. The predicted molar refractivity (Wildman–Crippen MR) is 79.1 cm³/mol. The van der Waals surface area contributed by atoms with Crippen molar-refractivity contribution in [2.45, 2.75) is 19.9 Å². The second-order valence-corrected chi connectivity index (χ2v) is 4.47. The van der Waals surface area contributed by atoms with Crippen molar-refractivity contribution in [2.75, 3.05) is 26.5 Å². The predicted octanol–water partition coefficient (Wildman–Crippen LogP) is 2.37. The molecule has 4 nitrogen and oxygen atoms in total. The van der Waals surface area contributed by atoms with Crippen LogP contribution in [0.2, 0.25) is 0 Å². The molecule has 0 aliphatic carbocycles. The van der Waals surface area contributed by atoms with Gasteiger partial charge in [-0.25, -0.2) is 0 Å². The van der Waals surface area contributed by atoms with Gasteiger partial charge in [-0.15, -0.1) is 0 Å². The van der Waals surface area contributed by atoms with Crippen molar-refractivity contribution in [2.24, 2.45) is 0 Å². The quantitative estimate of drug-likeness (QED) is 0.781. The van der Waals surface area contributed by atoms with Crippen molar-refractivity contribution in [3.8, 4) is 11.5 Å². The van der Waals surface area contributed by atoms with E-state index < -0.39 is 0 Å². The molecule has 0 bridgehead atoms. The third-order valence-corrected chi connectivity index (χ3v) is 3.11. The summed E-state index contributed by atoms with van der Waals surface area (Å²) in [6, 6.07) is 5.61. The lowest BCUT2D eigenvalue weighted by atomic mass is 10.1. The topological polar surface area (TPSA) is 38.8 Å². The van der Waals surface area contributed by atoms with Crippen LogP contribution < -0.4 is 9.47 Å². The Morgan fingerprint density at radius 3 is 2.58 bits per heavy atom. The molecule has 0 atom stereocenters. The van der Waals surface area contributed by atoms with Gasteiger partial charge in [-0.1, -0.05) is 6.92 Å². The third-order valence-electron chi connectivity index (χ3n) is 2.84. The molecule has 19 heavy (non-hydrogen) atoms. The average molecular weight is 283 g/mol. The van der Waals surface area contributed by atoms with E-state index in [2.05, 4.69) is 12.6 Å². The normalized spacial score (nSPS) is 10.1. The van der Waals surface area contributed by atoms with Crippen LogP contribution >= 0.6 is 12.6 Å². The zero-order chi connectivity index (χ0) is 14.3. The van der Waals surface area contributed by atoms with Crippen LogP contribution in [0.1, 0.15) is 18.9 Å². The van der Waals surface area contributed by atoms with Crippen LogP contribution in [0.5, 0.6) is 11.5 Å². The molecule has 1 rings (SSSR count). The average Bonchev–Trinajstić information content (AvgIpc) is 2.46. The van der Waals surface area contributed by atoms with Gasteiger partial charge in [0.05, 0.1) is 20.0 Å². The van der Waals surface area contributed by atoms with Gasteiger partial charge in [0.25, 0.3) is 0 Å². The first-order valence-corrected chi connectivity index (χ1v) is 6.89. The molecule has 106 valence electrons. The lowest BCUT2D eigenvalue weighted by Crippen LogP contribution is -2.32. The van der Waals surface area contributed by atoms with E-state index in [1.165, 1.54) is 0 Å². The van der Waals surface area contributed by atoms with Crippen molar-refractivity contribution in [3.05, 3.63) is 23.8 Å². The van der Waals surface area contributed by atoms with E-state index in [1.807, 2.05) is 25.1 Å². The largest absolute Gasteiger partial charge is 0.497 e. The Balaban J connectivity index is 2.92. The highest BCUT2D eigenvalue weighted by Crippen LogP contribution is 2.25. The van der Waals surface area contributed by atoms with Crippen LogP contribution in [-0.4, -0.2) is 37.3 Å². The molecule has 0 saturated carbocycles. The highest BCUT2D eigenvalue weighted by atomic mass is 32.1. The fourth-order valence-corrected chi connectivity index (χ4v) is 2.05. The van der Waals surface area contributed by atoms with E-state index in [1.54, 1.807) is 19.1 Å². The van der Waals surface area contributed by atoms with Crippen LogP contribution in [0.25, 0.3) is 0 Å². The monoisotopic (exact) mass is 283 g/mol. The van der Waals surface area contributed by atoms with E-state index in [4.69, 9.17) is 9.47 Å². The SMILES string of the molecule is CCCN(Cc1ccc(OC)cc1OC)C(=O)CS. The van der Waals surface area contributed by atoms with Gasteiger partial charge in [0.2, 0.25) is 5.91 Å². The summed E-state index contributed by atoms with van der Waals surface area (Å²) in [5.41, 5.74) is 0.965. The fourth-order valence-electron chi connectivity index (χ4n) is 1.85. The first kappa shape index (κ1) is 15.7. The maximum absolute atomic E-state index is 11.8. The first-order chi connectivity index (χ1) is 9.15. The minimum Gasteiger partial charge on any atom is -0.497 e. The summed E-state index contributed by atoms with van der Waals surface area (Å²) >= 11 is 4.05. The molecule has 0 N–H and O–H groups in total. The number of benzene rings is 1. The maximum Gasteiger partial charge on any atom is 0.232 e. The molecular formula is C14H21NO3S. The number of carbonyl (C=O) groups excluding carboxylic acids is 1. The number of hydrogen-bond acceptors (Lipinski definition) is 4. The smallest absolute Gasteiger partial charge is 0.232 e. The van der Waals surface area contributed by atoms with Gasteiger partial charge in [0.15, 0.2) is 0 Å². The molecule has 1 aromatic carbocycles. The van der Waals surface area contributed by atoms with Crippen molar-refractivity contribution >= 4 is 18.5 Å². The number of thiol groups is 1. The molecule has 0 fully saturated rings. The Kier molecular flexibility index (Phi) is 6.56. The minimum atomic E-state index is 0.0306. The van der Waals surface area contributed by atoms with Crippen molar-refractivity contribution in [3.63, 3.8) is 0 Å². The van der Waals surface area contributed by atoms with Gasteiger partial charge < -0.3 is 14.4 Å². The summed E-state index contributed by atoms with van der Waals surface area (Å²) in [4.78, 5) is 13.6. The number of ether oxygens (including phenoxy) is 2. The molecule has 0 saturated heterocycles. The summed E-state index contributed by atoms with van der Waals surface area (Å²) in [6.07, 6.45) is 0.915. The Labute approximate surface area is 120 Å². The standard InChI is InChI=1S/C14H21NO3S/c1-4-7-15(14(16)10-19)9-11-5-6-12(17-2)8-13(11)18-3/h5-6,8,19H,4,7,9-10H2,1-3H3. The molecular weight excluding hydrogens is 262 g/mol. The molecule has 1 amide bonds. The summed E-state index contributed by atoms with van der Waals surface area (Å²) in [7, 11) is 3.23. The van der Waals surface area contributed by atoms with Crippen molar-refractivity contribution in [1.82, 2.24) is 4.90 Å². The van der Waals surface area contributed by atoms with Crippen molar-refractivity contribution < 1.29 is 14.3 Å². The van der Waals surface area contributed by atoms with E-state index in [9.17, 15) is 4.79 Å². The lowest BCUT2D eigenvalue weighted by Gasteiger charge is -2.22. The summed E-state index contributed by atoms with van der Waals surface area (Å²) in [5, 5.41) is 0. The van der Waals surface area contributed by atoms with Gasteiger partial charge in [0, 0.05) is 24.7 Å². The fraction of sp³-hybridized carbons (Fsp3) is 0.500. The zero-order valence-electron chi connectivity index (χ0n) is 11.7. The lowest BCUT2D eigenvalue weighted by molar-refractivity contribution is -0.129. The highest BCUT2D eigenvalue weighted by Gasteiger charge is 2.14. The Morgan fingerprint density at radius 1 is 1.32 bits per heavy atom. The van der Waals surface area contributed by atoms with Gasteiger partial charge >= 0.3 is 0 Å². The maximum atomic E-state index is 11.8. The van der Waals surface area contributed by atoms with Crippen molar-refractivity contribution in [1.29, 1.82) is 0 Å². The second kappa shape index (κ2) is 7.94. The number of methoxy groups -OCH3 is 2. The number of hydrogen-bond donors (Lipinski definition) is 1. The van der Waals surface area contributed by atoms with E-state index >= 15 is 0 Å². The van der Waals surface area contributed by atoms with E-state index in [0.717, 1.165) is 23.5 Å². The molecule has 0 unspecified atom stereocenters. The van der Waals surface area contributed by atoms with Crippen LogP contribution in [0, 0.1) is 0 Å². The molecule has 0 aliphatic rings. The minimum absolute atomic E-state index is 0.0306. The molecule has 0 spiro atoms. The third kappa shape index (κ3) is 4.35. The van der Waals surface area contributed by atoms with Gasteiger partial charge in [-0.05, 0) is 18.6 Å².